The highest BCUT2D eigenvalue weighted by Crippen LogP contribution is 2.17. The summed E-state index contributed by atoms with van der Waals surface area (Å²) in [5.74, 6) is -1.35. The molecule has 0 aliphatic carbocycles. The van der Waals surface area contributed by atoms with Crippen LogP contribution in [0.1, 0.15) is 26.7 Å². The average Bonchev–Trinajstić information content (AvgIpc) is 2.68. The van der Waals surface area contributed by atoms with E-state index in [0.29, 0.717) is 6.42 Å². The highest BCUT2D eigenvalue weighted by Gasteiger charge is 2.34. The molecule has 1 saturated heterocycles. The summed E-state index contributed by atoms with van der Waals surface area (Å²) in [5.41, 5.74) is 0. The molecule has 0 bridgehead atoms. The smallest absolute Gasteiger partial charge is 0.317 e. The number of nitrogens with one attached hydrogen (secondary N) is 1. The van der Waals surface area contributed by atoms with Crippen LogP contribution in [-0.2, 0) is 19.4 Å². The number of sulfone groups is 1. The average molecular weight is 306 g/mol. The molecule has 1 rings (SSSR count). The maximum atomic E-state index is 11.8. The number of hydrogen-bond donors (Lipinski definition) is 2. The summed E-state index contributed by atoms with van der Waals surface area (Å²) < 4.78 is 22.9. The molecule has 2 atom stereocenters. The zero-order chi connectivity index (χ0) is 15.3. The van der Waals surface area contributed by atoms with Gasteiger partial charge in [-0.25, -0.2) is 8.42 Å². The van der Waals surface area contributed by atoms with Crippen LogP contribution >= 0.6 is 0 Å². The first-order valence-electron chi connectivity index (χ1n) is 6.69. The maximum absolute atomic E-state index is 11.8. The Morgan fingerprint density at radius 3 is 2.50 bits per heavy atom. The van der Waals surface area contributed by atoms with Crippen molar-refractivity contribution in [3.8, 4) is 0 Å². The number of carbonyl (C=O) groups is 2. The van der Waals surface area contributed by atoms with Crippen molar-refractivity contribution in [3.05, 3.63) is 0 Å². The van der Waals surface area contributed by atoms with E-state index in [-0.39, 0.29) is 36.5 Å². The second kappa shape index (κ2) is 7.03. The van der Waals surface area contributed by atoms with Crippen molar-refractivity contribution in [2.45, 2.75) is 38.8 Å². The summed E-state index contributed by atoms with van der Waals surface area (Å²) in [4.78, 5) is 24.1. The van der Waals surface area contributed by atoms with Crippen LogP contribution in [0.5, 0.6) is 0 Å². The van der Waals surface area contributed by atoms with Gasteiger partial charge in [0, 0.05) is 12.1 Å². The fraction of sp³-hybridized carbons (Fsp3) is 0.833. The lowest BCUT2D eigenvalue weighted by atomic mass is 10.2. The highest BCUT2D eigenvalue weighted by atomic mass is 32.2. The molecule has 116 valence electrons. The number of amides is 1. The third kappa shape index (κ3) is 5.46. The van der Waals surface area contributed by atoms with Crippen LogP contribution in [0.15, 0.2) is 0 Å². The first-order valence-corrected chi connectivity index (χ1v) is 8.51. The fourth-order valence-electron chi connectivity index (χ4n) is 2.16. The largest absolute Gasteiger partial charge is 0.480 e. The molecule has 2 N–H and O–H groups in total. The first-order chi connectivity index (χ1) is 9.23. The van der Waals surface area contributed by atoms with Gasteiger partial charge in [-0.2, -0.15) is 0 Å². The van der Waals surface area contributed by atoms with Crippen molar-refractivity contribution >= 4 is 21.7 Å². The van der Waals surface area contributed by atoms with Gasteiger partial charge >= 0.3 is 5.97 Å². The number of aliphatic carboxylic acids is 1. The van der Waals surface area contributed by atoms with Gasteiger partial charge in [0.25, 0.3) is 0 Å². The van der Waals surface area contributed by atoms with Crippen molar-refractivity contribution in [1.29, 1.82) is 0 Å². The van der Waals surface area contributed by atoms with Crippen molar-refractivity contribution in [2.75, 3.05) is 24.6 Å². The Morgan fingerprint density at radius 1 is 1.40 bits per heavy atom. The molecule has 0 aromatic heterocycles. The van der Waals surface area contributed by atoms with Crippen LogP contribution in [0.3, 0.4) is 0 Å². The molecule has 1 heterocycles. The molecular weight excluding hydrogens is 284 g/mol. The van der Waals surface area contributed by atoms with Crippen molar-refractivity contribution in [2.24, 2.45) is 0 Å². The van der Waals surface area contributed by atoms with Gasteiger partial charge in [-0.15, -0.1) is 0 Å². The summed E-state index contributed by atoms with van der Waals surface area (Å²) in [6.45, 7) is 3.38. The molecule has 20 heavy (non-hydrogen) atoms. The third-order valence-electron chi connectivity index (χ3n) is 3.43. The van der Waals surface area contributed by atoms with Gasteiger partial charge in [0.2, 0.25) is 5.91 Å². The second-order valence-corrected chi connectivity index (χ2v) is 7.46. The molecule has 1 aliphatic rings. The van der Waals surface area contributed by atoms with Crippen molar-refractivity contribution in [1.82, 2.24) is 10.2 Å². The van der Waals surface area contributed by atoms with Gasteiger partial charge in [-0.05, 0) is 19.8 Å². The number of rotatable bonds is 7. The lowest BCUT2D eigenvalue weighted by Gasteiger charge is -2.26. The number of carboxylic acid groups (broad SMARTS) is 1. The normalized spacial score (nSPS) is 22.6. The topological polar surface area (TPSA) is 104 Å². The van der Waals surface area contributed by atoms with Crippen LogP contribution in [0.2, 0.25) is 0 Å². The fourth-order valence-corrected chi connectivity index (χ4v) is 3.92. The van der Waals surface area contributed by atoms with Gasteiger partial charge in [0.05, 0.1) is 24.6 Å². The van der Waals surface area contributed by atoms with E-state index in [4.69, 9.17) is 5.11 Å². The maximum Gasteiger partial charge on any atom is 0.317 e. The molecular formula is C12H22N2O5S. The Morgan fingerprint density at radius 2 is 2.05 bits per heavy atom. The van der Waals surface area contributed by atoms with E-state index in [9.17, 15) is 18.0 Å². The van der Waals surface area contributed by atoms with Crippen molar-refractivity contribution < 1.29 is 23.1 Å². The quantitative estimate of drug-likeness (QED) is 0.655. The number of carboxylic acids is 1. The minimum absolute atomic E-state index is 0.0153. The first kappa shape index (κ1) is 16.9. The summed E-state index contributed by atoms with van der Waals surface area (Å²) in [6.07, 6.45) is 1.16. The van der Waals surface area contributed by atoms with E-state index in [1.54, 1.807) is 0 Å². The van der Waals surface area contributed by atoms with Gasteiger partial charge in [0.1, 0.15) is 0 Å². The SMILES string of the molecule is CCC(C)NC(=O)CN(CC(=O)O)C1CCS(=O)(=O)C1. The van der Waals surface area contributed by atoms with E-state index in [1.165, 1.54) is 4.90 Å². The van der Waals surface area contributed by atoms with E-state index >= 15 is 0 Å². The predicted molar refractivity (Wildman–Crippen MR) is 74.2 cm³/mol. The van der Waals surface area contributed by atoms with Crippen molar-refractivity contribution in [3.63, 3.8) is 0 Å². The van der Waals surface area contributed by atoms with Gasteiger partial charge in [0.15, 0.2) is 9.84 Å². The van der Waals surface area contributed by atoms with Crippen LogP contribution in [0, 0.1) is 0 Å². The minimum Gasteiger partial charge on any atom is -0.480 e. The minimum atomic E-state index is -3.11. The molecule has 8 heteroatoms. The Bertz CT molecular complexity index is 462. The summed E-state index contributed by atoms with van der Waals surface area (Å²) in [7, 11) is -3.11. The monoisotopic (exact) mass is 306 g/mol. The van der Waals surface area contributed by atoms with Crippen LogP contribution in [0.4, 0.5) is 0 Å². The van der Waals surface area contributed by atoms with E-state index < -0.39 is 21.8 Å². The molecule has 1 fully saturated rings. The Hall–Kier alpha value is -1.15. The van der Waals surface area contributed by atoms with Crippen LogP contribution in [-0.4, -0.2) is 67.0 Å². The molecule has 0 radical (unpaired) electrons. The number of hydrogen-bond acceptors (Lipinski definition) is 5. The van der Waals surface area contributed by atoms with E-state index in [1.807, 2.05) is 13.8 Å². The highest BCUT2D eigenvalue weighted by molar-refractivity contribution is 7.91. The predicted octanol–water partition coefficient (Wildman–Crippen LogP) is -0.525. The Labute approximate surface area is 119 Å². The molecule has 1 aliphatic heterocycles. The number of nitrogens with zero attached hydrogens (tertiary/aromatic N) is 1. The Kier molecular flexibility index (Phi) is 5.94. The molecule has 0 aromatic carbocycles. The summed E-state index contributed by atoms with van der Waals surface area (Å²) in [5, 5.41) is 11.6. The summed E-state index contributed by atoms with van der Waals surface area (Å²) in [6, 6.07) is -0.375. The van der Waals surface area contributed by atoms with Crippen LogP contribution in [0.25, 0.3) is 0 Å². The number of carbonyl (C=O) groups excluding carboxylic acids is 1. The molecule has 0 saturated carbocycles. The van der Waals surface area contributed by atoms with E-state index in [0.717, 1.165) is 6.42 Å². The van der Waals surface area contributed by atoms with Crippen LogP contribution < -0.4 is 5.32 Å². The van der Waals surface area contributed by atoms with E-state index in [2.05, 4.69) is 5.32 Å². The summed E-state index contributed by atoms with van der Waals surface area (Å²) >= 11 is 0. The van der Waals surface area contributed by atoms with Gasteiger partial charge in [-0.3, -0.25) is 14.5 Å². The zero-order valence-electron chi connectivity index (χ0n) is 11.8. The Balaban J connectivity index is 2.65. The molecule has 0 aromatic rings. The van der Waals surface area contributed by atoms with Gasteiger partial charge < -0.3 is 10.4 Å². The second-order valence-electron chi connectivity index (χ2n) is 5.23. The standard InChI is InChI=1S/C12H22N2O5S/c1-3-9(2)13-11(15)6-14(7-12(16)17)10-4-5-20(18,19)8-10/h9-10H,3-8H2,1-2H3,(H,13,15)(H,16,17). The third-order valence-corrected chi connectivity index (χ3v) is 5.18. The lowest BCUT2D eigenvalue weighted by molar-refractivity contribution is -0.139. The van der Waals surface area contributed by atoms with Gasteiger partial charge in [-0.1, -0.05) is 6.92 Å². The molecule has 2 unspecified atom stereocenters. The molecule has 1 amide bonds. The zero-order valence-corrected chi connectivity index (χ0v) is 12.6. The molecule has 0 spiro atoms. The lowest BCUT2D eigenvalue weighted by Crippen LogP contribution is -2.47. The molecule has 7 nitrogen and oxygen atoms in total.